The third kappa shape index (κ3) is 12.8. The normalized spacial score (nSPS) is 14.6. The highest BCUT2D eigenvalue weighted by atomic mass is 32.4. The molecule has 278 valence electrons. The largest absolute Gasteiger partial charge is 0.508 e. The first-order valence-electron chi connectivity index (χ1n) is 16.8. The van der Waals surface area contributed by atoms with Crippen LogP contribution in [0.15, 0.2) is 88.1 Å². The highest BCUT2D eigenvalue weighted by molar-refractivity contribution is 8.05. The van der Waals surface area contributed by atoms with Gasteiger partial charge >= 0.3 is 20.5 Å². The molecule has 4 unspecified atom stereocenters. The van der Waals surface area contributed by atoms with E-state index in [-0.39, 0.29) is 11.6 Å². The number of hydrogen-bond acceptors (Lipinski definition) is 10. The molecule has 0 aliphatic carbocycles. The van der Waals surface area contributed by atoms with Gasteiger partial charge in [0.25, 0.3) is 16.5 Å². The molecule has 0 aromatic heterocycles. The number of benzene rings is 3. The molecule has 3 rings (SSSR count). The molecule has 0 aliphatic rings. The van der Waals surface area contributed by atoms with Gasteiger partial charge in [-0.2, -0.15) is 0 Å². The maximum absolute atomic E-state index is 9.52. The van der Waals surface area contributed by atoms with E-state index in [1.165, 1.54) is 0 Å². The molecule has 0 bridgehead atoms. The minimum Gasteiger partial charge on any atom is -0.508 e. The summed E-state index contributed by atoms with van der Waals surface area (Å²) in [5.74, 6) is 1.50. The van der Waals surface area contributed by atoms with Crippen LogP contribution in [0.5, 0.6) is 17.2 Å². The molecule has 0 radical (unpaired) electrons. The van der Waals surface area contributed by atoms with Crippen LogP contribution in [0, 0.1) is 0 Å². The van der Waals surface area contributed by atoms with Crippen LogP contribution in [0.2, 0.25) is 0 Å². The second kappa shape index (κ2) is 20.4. The average Bonchev–Trinajstić information content (AvgIpc) is 3.15. The van der Waals surface area contributed by atoms with Crippen molar-refractivity contribution in [3.05, 3.63) is 89.5 Å². The number of phenols is 1. The molecule has 16 heteroatoms. The zero-order chi connectivity index (χ0) is 38.5. The molecule has 3 aromatic rings. The summed E-state index contributed by atoms with van der Waals surface area (Å²) < 4.78 is 23.8. The Morgan fingerprint density at radius 1 is 0.712 bits per heavy atom. The number of phenolic OH excluding ortho intramolecular Hbond substituents is 1. The van der Waals surface area contributed by atoms with Gasteiger partial charge in [0.05, 0.1) is 39.8 Å². The minimum absolute atomic E-state index is 0.179. The van der Waals surface area contributed by atoms with Crippen molar-refractivity contribution in [2.24, 2.45) is 15.3 Å². The molecule has 0 heterocycles. The summed E-state index contributed by atoms with van der Waals surface area (Å²) >= 11 is 17.5. The summed E-state index contributed by atoms with van der Waals surface area (Å²) in [6, 6.07) is 22.4. The molecule has 52 heavy (non-hydrogen) atoms. The van der Waals surface area contributed by atoms with Crippen LogP contribution in [0.1, 0.15) is 70.6 Å². The quantitative estimate of drug-likeness (QED) is 0.0675. The van der Waals surface area contributed by atoms with Crippen LogP contribution < -0.4 is 9.47 Å². The third-order valence-electron chi connectivity index (χ3n) is 8.00. The lowest BCUT2D eigenvalue weighted by Crippen LogP contribution is -2.30. The van der Waals surface area contributed by atoms with Crippen molar-refractivity contribution in [1.29, 1.82) is 0 Å². The van der Waals surface area contributed by atoms with Gasteiger partial charge in [0, 0.05) is 40.7 Å². The van der Waals surface area contributed by atoms with Crippen molar-refractivity contribution in [3.8, 4) is 17.2 Å². The smallest absolute Gasteiger partial charge is 0.358 e. The van der Waals surface area contributed by atoms with E-state index in [4.69, 9.17) is 49.6 Å². The predicted molar refractivity (Wildman–Crippen MR) is 230 cm³/mol. The number of hydrazone groups is 3. The average molecular weight is 820 g/mol. The third-order valence-corrected chi connectivity index (χ3v) is 18.4. The van der Waals surface area contributed by atoms with Gasteiger partial charge in [0.2, 0.25) is 0 Å². The minimum atomic E-state index is -1.21. The van der Waals surface area contributed by atoms with E-state index >= 15 is 0 Å². The van der Waals surface area contributed by atoms with Crippen LogP contribution in [0.25, 0.3) is 0 Å². The van der Waals surface area contributed by atoms with Crippen molar-refractivity contribution in [2.75, 3.05) is 28.3 Å². The van der Waals surface area contributed by atoms with Crippen molar-refractivity contribution < 1.29 is 19.3 Å². The van der Waals surface area contributed by atoms with Crippen molar-refractivity contribution in [1.82, 2.24) is 14.3 Å². The molecule has 0 saturated heterocycles. The second-order valence-corrected chi connectivity index (χ2v) is 21.7. The van der Waals surface area contributed by atoms with Crippen LogP contribution in [-0.2, 0) is 40.2 Å². The number of methoxy groups -OCH3 is 1. The fourth-order valence-electron chi connectivity index (χ4n) is 4.45. The number of rotatable bonds is 20. The van der Waals surface area contributed by atoms with Crippen LogP contribution in [-0.4, -0.2) is 82.9 Å². The SMILES string of the molecule is CCCC(Oc1ccc(/C=N/N(C)[P+](=S)C(C)(C)OC)cc1)[P+](=S)N(C)/N=C/c1ccc(O[C@@](C)(CC)[P+](=S)N(C)/N=C/c2ccc(O)cc2)cc1. The fourth-order valence-corrected chi connectivity index (χ4v) is 9.42. The number of ether oxygens (including phenoxy) is 3. The zero-order valence-corrected chi connectivity index (χ0v) is 36.4. The molecular formula is C36H50N6O4P3S3+3. The summed E-state index contributed by atoms with van der Waals surface area (Å²) in [6.07, 6.45) is 7.77. The lowest BCUT2D eigenvalue weighted by molar-refractivity contribution is 0.0958. The zero-order valence-electron chi connectivity index (χ0n) is 31.3. The Kier molecular flexibility index (Phi) is 17.1. The van der Waals surface area contributed by atoms with E-state index in [1.807, 2.05) is 95.2 Å². The van der Waals surface area contributed by atoms with Gasteiger partial charge in [0.1, 0.15) is 17.2 Å². The van der Waals surface area contributed by atoms with Gasteiger partial charge < -0.3 is 19.3 Å². The van der Waals surface area contributed by atoms with E-state index in [0.717, 1.165) is 41.0 Å². The topological polar surface area (TPSA) is 94.7 Å². The number of aromatic hydroxyl groups is 1. The van der Waals surface area contributed by atoms with E-state index in [2.05, 4.69) is 29.2 Å². The summed E-state index contributed by atoms with van der Waals surface area (Å²) in [5.41, 5.74) is 2.72. The molecule has 0 fully saturated rings. The van der Waals surface area contributed by atoms with E-state index in [1.54, 1.807) is 59.6 Å². The molecule has 0 amide bonds. The summed E-state index contributed by atoms with van der Waals surface area (Å²) in [6.45, 7) is 6.77. The van der Waals surface area contributed by atoms with Crippen molar-refractivity contribution in [2.45, 2.75) is 70.4 Å². The first kappa shape index (κ1) is 43.4. The molecule has 1 N–H and O–H groups in total. The molecule has 0 saturated carbocycles. The molecule has 5 atom stereocenters. The van der Waals surface area contributed by atoms with Gasteiger partial charge in [-0.05, 0) is 95.9 Å². The van der Waals surface area contributed by atoms with Gasteiger partial charge in [-0.25, -0.2) is 0 Å². The summed E-state index contributed by atoms with van der Waals surface area (Å²) in [4.78, 5) is 0. The Morgan fingerprint density at radius 3 is 1.62 bits per heavy atom. The molecule has 0 aliphatic heterocycles. The van der Waals surface area contributed by atoms with Crippen LogP contribution in [0.4, 0.5) is 0 Å². The lowest BCUT2D eigenvalue weighted by Gasteiger charge is -2.23. The highest BCUT2D eigenvalue weighted by Gasteiger charge is 2.45. The summed E-state index contributed by atoms with van der Waals surface area (Å²) in [5, 5.41) is 22.2. The maximum atomic E-state index is 9.52. The molecule has 3 aromatic carbocycles. The van der Waals surface area contributed by atoms with Gasteiger partial charge in [0.15, 0.2) is 35.4 Å². The first-order valence-corrected chi connectivity index (χ1v) is 23.8. The van der Waals surface area contributed by atoms with E-state index in [9.17, 15) is 5.11 Å². The predicted octanol–water partition coefficient (Wildman–Crippen LogP) is 9.56. The van der Waals surface area contributed by atoms with Crippen molar-refractivity contribution >= 4 is 74.6 Å². The summed E-state index contributed by atoms with van der Waals surface area (Å²) in [7, 11) is 7.30. The maximum Gasteiger partial charge on any atom is 0.358 e. The number of nitrogens with zero attached hydrogens (tertiary/aromatic N) is 6. The van der Waals surface area contributed by atoms with Gasteiger partial charge in [-0.1, -0.05) is 13.8 Å². The Balaban J connectivity index is 1.60. The standard InChI is InChI=1S/C36H49N6O4P3S3/c1-10-12-34(45-32-21-15-29(16-22-32)27-38-41(7)48(51)35(3,4)44-9)47(50)40(6)37-25-30-17-23-33(24-18-30)46-36(5,11-2)49(52)42(8)39-26-28-13-19-31(43)20-14-28/h13-27,34H,10-12H2,1-9H3/q+2/p+1/b37-25+,38-27+/t34?,36-/m1/s1. The Bertz CT molecular complexity index is 1750. The van der Waals surface area contributed by atoms with E-state index < -0.39 is 31.2 Å². The number of hydrogen-bond donors (Lipinski definition) is 1. The lowest BCUT2D eigenvalue weighted by atomic mass is 10.2. The van der Waals surface area contributed by atoms with Crippen LogP contribution >= 0.6 is 20.5 Å². The monoisotopic (exact) mass is 819 g/mol. The Labute approximate surface area is 327 Å². The fraction of sp³-hybridized carbons (Fsp3) is 0.417. The second-order valence-electron chi connectivity index (χ2n) is 12.4. The van der Waals surface area contributed by atoms with Gasteiger partial charge in [-0.15, -0.1) is 29.6 Å². The molecule has 10 nitrogen and oxygen atoms in total. The molecule has 0 spiro atoms. The molecular weight excluding hydrogens is 770 g/mol. The van der Waals surface area contributed by atoms with Gasteiger partial charge in [-0.3, -0.25) is 0 Å². The van der Waals surface area contributed by atoms with Crippen LogP contribution in [0.3, 0.4) is 0 Å². The van der Waals surface area contributed by atoms with Crippen molar-refractivity contribution in [3.63, 3.8) is 0 Å². The van der Waals surface area contributed by atoms with E-state index in [0.29, 0.717) is 6.42 Å². The Morgan fingerprint density at radius 2 is 1.15 bits per heavy atom. The highest BCUT2D eigenvalue weighted by Crippen LogP contribution is 2.46. The Hall–Kier alpha value is -3.01. The first-order chi connectivity index (χ1) is 24.6.